The van der Waals surface area contributed by atoms with Crippen molar-refractivity contribution in [2.24, 2.45) is 0 Å². The molecule has 0 bridgehead atoms. The Kier molecular flexibility index (Phi) is 7.56. The number of nitrogens with one attached hydrogen (secondary N) is 2. The Bertz CT molecular complexity index is 1220. The quantitative estimate of drug-likeness (QED) is 0.394. The zero-order valence-corrected chi connectivity index (χ0v) is 19.4. The van der Waals surface area contributed by atoms with E-state index < -0.39 is 15.9 Å². The van der Waals surface area contributed by atoms with Gasteiger partial charge in [0.05, 0.1) is 25.7 Å². The summed E-state index contributed by atoms with van der Waals surface area (Å²) >= 11 is 23.9. The van der Waals surface area contributed by atoms with Gasteiger partial charge in [-0.2, -0.15) is 0 Å². The van der Waals surface area contributed by atoms with E-state index in [-0.39, 0.29) is 27.3 Å². The number of sulfonamides is 1. The van der Waals surface area contributed by atoms with Crippen molar-refractivity contribution in [3.8, 4) is 5.75 Å². The van der Waals surface area contributed by atoms with E-state index in [1.807, 2.05) is 0 Å². The largest absolute Gasteiger partial charge is 0.482 e. The number of halogens is 4. The van der Waals surface area contributed by atoms with E-state index in [2.05, 4.69) is 10.0 Å². The molecule has 0 unspecified atom stereocenters. The molecule has 3 rings (SSSR count). The van der Waals surface area contributed by atoms with Gasteiger partial charge in [0.15, 0.2) is 6.61 Å². The number of amides is 1. The highest BCUT2D eigenvalue weighted by molar-refractivity contribution is 7.92. The molecule has 0 aromatic heterocycles. The minimum absolute atomic E-state index is 0.0209. The van der Waals surface area contributed by atoms with Gasteiger partial charge in [-0.15, -0.1) is 0 Å². The first-order chi connectivity index (χ1) is 14.7. The van der Waals surface area contributed by atoms with E-state index in [0.29, 0.717) is 21.4 Å². The van der Waals surface area contributed by atoms with Crippen LogP contribution in [0.4, 0.5) is 11.4 Å². The topological polar surface area (TPSA) is 84.5 Å². The molecule has 0 saturated carbocycles. The van der Waals surface area contributed by atoms with E-state index >= 15 is 0 Å². The number of hydrogen-bond acceptors (Lipinski definition) is 4. The molecule has 6 nitrogen and oxygen atoms in total. The monoisotopic (exact) mass is 518 g/mol. The standard InChI is InChI=1S/C20H14Cl4N2O4S/c21-12-4-6-13(7-5-12)26-31(28,29)14-8-9-18(16(23)10-14)30-11-19(27)25-17-3-1-2-15(22)20(17)24/h1-10,26H,11H2,(H,25,27). The zero-order chi connectivity index (χ0) is 22.6. The van der Waals surface area contributed by atoms with Gasteiger partial charge in [0, 0.05) is 10.7 Å². The smallest absolute Gasteiger partial charge is 0.262 e. The van der Waals surface area contributed by atoms with Crippen molar-refractivity contribution >= 4 is 73.7 Å². The zero-order valence-electron chi connectivity index (χ0n) is 15.5. The number of ether oxygens (including phenoxy) is 1. The van der Waals surface area contributed by atoms with Gasteiger partial charge < -0.3 is 10.1 Å². The highest BCUT2D eigenvalue weighted by atomic mass is 35.5. The van der Waals surface area contributed by atoms with Gasteiger partial charge in [0.2, 0.25) is 0 Å². The van der Waals surface area contributed by atoms with E-state index in [4.69, 9.17) is 51.1 Å². The van der Waals surface area contributed by atoms with Crippen molar-refractivity contribution in [1.82, 2.24) is 0 Å². The molecule has 11 heteroatoms. The molecule has 3 aromatic rings. The molecule has 3 aromatic carbocycles. The molecular weight excluding hydrogens is 506 g/mol. The predicted octanol–water partition coefficient (Wildman–Crippen LogP) is 6.12. The Hall–Kier alpha value is -2.16. The third-order valence-corrected chi connectivity index (χ3v) is 6.64. The van der Waals surface area contributed by atoms with Crippen LogP contribution in [0.3, 0.4) is 0 Å². The van der Waals surface area contributed by atoms with Crippen molar-refractivity contribution < 1.29 is 17.9 Å². The summed E-state index contributed by atoms with van der Waals surface area (Å²) in [7, 11) is -3.89. The summed E-state index contributed by atoms with van der Waals surface area (Å²) in [6.07, 6.45) is 0. The van der Waals surface area contributed by atoms with Crippen LogP contribution in [0, 0.1) is 0 Å². The lowest BCUT2D eigenvalue weighted by Gasteiger charge is -2.12. The minimum Gasteiger partial charge on any atom is -0.482 e. The predicted molar refractivity (Wildman–Crippen MR) is 124 cm³/mol. The van der Waals surface area contributed by atoms with Gasteiger partial charge in [-0.05, 0) is 54.6 Å². The van der Waals surface area contributed by atoms with E-state index in [9.17, 15) is 13.2 Å². The van der Waals surface area contributed by atoms with Crippen LogP contribution in [0.15, 0.2) is 65.6 Å². The minimum atomic E-state index is -3.89. The number of carbonyl (C=O) groups is 1. The van der Waals surface area contributed by atoms with Crippen LogP contribution in [0.2, 0.25) is 20.1 Å². The average Bonchev–Trinajstić information content (AvgIpc) is 2.72. The second-order valence-electron chi connectivity index (χ2n) is 6.14. The molecule has 0 fully saturated rings. The van der Waals surface area contributed by atoms with Crippen LogP contribution >= 0.6 is 46.4 Å². The molecule has 0 spiro atoms. The first kappa shape index (κ1) is 23.5. The molecule has 0 saturated heterocycles. The van der Waals surface area contributed by atoms with Crippen LogP contribution in [-0.2, 0) is 14.8 Å². The number of benzene rings is 3. The summed E-state index contributed by atoms with van der Waals surface area (Å²) in [6, 6.07) is 14.9. The normalized spacial score (nSPS) is 11.1. The second kappa shape index (κ2) is 9.97. The average molecular weight is 520 g/mol. The van der Waals surface area contributed by atoms with Crippen molar-refractivity contribution in [2.45, 2.75) is 4.90 Å². The van der Waals surface area contributed by atoms with Crippen LogP contribution in [-0.4, -0.2) is 20.9 Å². The second-order valence-corrected chi connectivity index (χ2v) is 9.45. The molecule has 31 heavy (non-hydrogen) atoms. The fraction of sp³-hybridized carbons (Fsp3) is 0.0500. The van der Waals surface area contributed by atoms with Gasteiger partial charge in [-0.1, -0.05) is 52.5 Å². The molecule has 0 atom stereocenters. The molecule has 0 aliphatic heterocycles. The Morgan fingerprint density at radius 3 is 2.29 bits per heavy atom. The maximum absolute atomic E-state index is 12.5. The highest BCUT2D eigenvalue weighted by Gasteiger charge is 2.17. The van der Waals surface area contributed by atoms with Crippen molar-refractivity contribution in [1.29, 1.82) is 0 Å². The summed E-state index contributed by atoms with van der Waals surface area (Å²) in [6.45, 7) is -0.377. The van der Waals surface area contributed by atoms with E-state index in [1.54, 1.807) is 30.3 Å². The van der Waals surface area contributed by atoms with Crippen molar-refractivity contribution in [2.75, 3.05) is 16.6 Å². The molecular formula is C20H14Cl4N2O4S. The summed E-state index contributed by atoms with van der Waals surface area (Å²) in [4.78, 5) is 12.0. The number of rotatable bonds is 7. The molecule has 2 N–H and O–H groups in total. The summed E-state index contributed by atoms with van der Waals surface area (Å²) < 4.78 is 32.9. The SMILES string of the molecule is O=C(COc1ccc(S(=O)(=O)Nc2ccc(Cl)cc2)cc1Cl)Nc1cccc(Cl)c1Cl. The van der Waals surface area contributed by atoms with Crippen molar-refractivity contribution in [3.05, 3.63) is 80.8 Å². The lowest BCUT2D eigenvalue weighted by molar-refractivity contribution is -0.118. The first-order valence-electron chi connectivity index (χ1n) is 8.60. The van der Waals surface area contributed by atoms with Crippen LogP contribution < -0.4 is 14.8 Å². The van der Waals surface area contributed by atoms with Gasteiger partial charge in [0.25, 0.3) is 15.9 Å². The van der Waals surface area contributed by atoms with E-state index in [1.165, 1.54) is 30.3 Å². The molecule has 0 heterocycles. The number of anilines is 2. The fourth-order valence-corrected chi connectivity index (χ4v) is 4.29. The molecule has 0 radical (unpaired) electrons. The lowest BCUT2D eigenvalue weighted by Crippen LogP contribution is -2.20. The third-order valence-electron chi connectivity index (χ3n) is 3.89. The van der Waals surface area contributed by atoms with Crippen LogP contribution in [0.5, 0.6) is 5.75 Å². The molecule has 162 valence electrons. The van der Waals surface area contributed by atoms with Crippen LogP contribution in [0.1, 0.15) is 0 Å². The van der Waals surface area contributed by atoms with Crippen LogP contribution in [0.25, 0.3) is 0 Å². The molecule has 1 amide bonds. The number of carbonyl (C=O) groups excluding carboxylic acids is 1. The summed E-state index contributed by atoms with van der Waals surface area (Å²) in [5.41, 5.74) is 0.681. The summed E-state index contributed by atoms with van der Waals surface area (Å²) in [5, 5.41) is 3.58. The first-order valence-corrected chi connectivity index (χ1v) is 11.6. The molecule has 0 aliphatic carbocycles. The summed E-state index contributed by atoms with van der Waals surface area (Å²) in [5.74, 6) is -0.360. The fourth-order valence-electron chi connectivity index (χ4n) is 2.43. The maximum atomic E-state index is 12.5. The van der Waals surface area contributed by atoms with Gasteiger partial charge in [-0.3, -0.25) is 9.52 Å². The number of hydrogen-bond donors (Lipinski definition) is 2. The van der Waals surface area contributed by atoms with Gasteiger partial charge in [0.1, 0.15) is 5.75 Å². The van der Waals surface area contributed by atoms with Gasteiger partial charge >= 0.3 is 0 Å². The lowest BCUT2D eigenvalue weighted by atomic mass is 10.3. The Labute approximate surface area is 199 Å². The Balaban J connectivity index is 1.65. The van der Waals surface area contributed by atoms with E-state index in [0.717, 1.165) is 0 Å². The molecule has 0 aliphatic rings. The maximum Gasteiger partial charge on any atom is 0.262 e. The Morgan fingerprint density at radius 1 is 0.903 bits per heavy atom. The van der Waals surface area contributed by atoms with Crippen molar-refractivity contribution in [3.63, 3.8) is 0 Å². The Morgan fingerprint density at radius 2 is 1.61 bits per heavy atom. The highest BCUT2D eigenvalue weighted by Crippen LogP contribution is 2.30. The van der Waals surface area contributed by atoms with Gasteiger partial charge in [-0.25, -0.2) is 8.42 Å². The third kappa shape index (κ3) is 6.18.